The molecule has 0 heterocycles. The van der Waals surface area contributed by atoms with Gasteiger partial charge in [-0.2, -0.15) is 0 Å². The van der Waals surface area contributed by atoms with Crippen molar-refractivity contribution in [2.24, 2.45) is 0 Å². The largest absolute Gasteiger partial charge is 0.496 e. The van der Waals surface area contributed by atoms with E-state index in [1.54, 1.807) is 7.11 Å². The Balaban J connectivity index is 2.30. The summed E-state index contributed by atoms with van der Waals surface area (Å²) in [4.78, 5) is 0. The van der Waals surface area contributed by atoms with Gasteiger partial charge in [-0.3, -0.25) is 0 Å². The van der Waals surface area contributed by atoms with E-state index in [0.29, 0.717) is 0 Å². The van der Waals surface area contributed by atoms with Gasteiger partial charge in [0.2, 0.25) is 0 Å². The zero-order chi connectivity index (χ0) is 14.5. The lowest BCUT2D eigenvalue weighted by Crippen LogP contribution is -2.03. The lowest BCUT2D eigenvalue weighted by atomic mass is 9.97. The monoisotopic (exact) mass is 270 g/mol. The Morgan fingerprint density at radius 2 is 1.80 bits per heavy atom. The van der Waals surface area contributed by atoms with Crippen LogP contribution in [-0.2, 0) is 6.42 Å². The fourth-order valence-electron chi connectivity index (χ4n) is 2.40. The van der Waals surface area contributed by atoms with E-state index in [9.17, 15) is 5.11 Å². The van der Waals surface area contributed by atoms with Crippen molar-refractivity contribution >= 4 is 0 Å². The number of rotatable bonds is 5. The van der Waals surface area contributed by atoms with Crippen molar-refractivity contribution in [1.29, 1.82) is 0 Å². The highest BCUT2D eigenvalue weighted by Gasteiger charge is 2.15. The predicted octanol–water partition coefficient (Wildman–Crippen LogP) is 4.04. The molecule has 2 heteroatoms. The molecule has 0 saturated heterocycles. The molecule has 0 aliphatic heterocycles. The summed E-state index contributed by atoms with van der Waals surface area (Å²) >= 11 is 0. The van der Waals surface area contributed by atoms with E-state index < -0.39 is 6.10 Å². The highest BCUT2D eigenvalue weighted by Crippen LogP contribution is 2.30. The van der Waals surface area contributed by atoms with Gasteiger partial charge in [-0.15, -0.1) is 0 Å². The van der Waals surface area contributed by atoms with Crippen LogP contribution in [0.1, 0.15) is 41.7 Å². The van der Waals surface area contributed by atoms with Crippen LogP contribution in [0.5, 0.6) is 5.75 Å². The van der Waals surface area contributed by atoms with Crippen molar-refractivity contribution in [3.63, 3.8) is 0 Å². The summed E-state index contributed by atoms with van der Waals surface area (Å²) in [6.07, 6.45) is 1.55. The number of hydrogen-bond acceptors (Lipinski definition) is 2. The van der Waals surface area contributed by atoms with Crippen LogP contribution in [0.3, 0.4) is 0 Å². The molecule has 0 aromatic heterocycles. The molecule has 20 heavy (non-hydrogen) atoms. The smallest absolute Gasteiger partial charge is 0.125 e. The van der Waals surface area contributed by atoms with Crippen molar-refractivity contribution in [1.82, 2.24) is 0 Å². The molecule has 2 rings (SSSR count). The molecular weight excluding hydrogens is 248 g/mol. The number of aliphatic hydroxyl groups is 1. The fraction of sp³-hybridized carbons (Fsp3) is 0.333. The Bertz CT molecular complexity index is 558. The molecule has 1 atom stereocenters. The Morgan fingerprint density at radius 3 is 2.40 bits per heavy atom. The average molecular weight is 270 g/mol. The summed E-state index contributed by atoms with van der Waals surface area (Å²) < 4.78 is 5.35. The maximum absolute atomic E-state index is 10.6. The molecule has 0 aliphatic carbocycles. The molecule has 0 bridgehead atoms. The van der Waals surface area contributed by atoms with Crippen LogP contribution in [0.2, 0.25) is 0 Å². The van der Waals surface area contributed by atoms with Gasteiger partial charge in [0, 0.05) is 5.56 Å². The SMILES string of the molecule is CCCc1ccc(C(O)c2cc(C)ccc2OC)cc1. The molecule has 0 radical (unpaired) electrons. The van der Waals surface area contributed by atoms with Crippen LogP contribution in [0, 0.1) is 6.92 Å². The summed E-state index contributed by atoms with van der Waals surface area (Å²) in [5, 5.41) is 10.6. The molecule has 1 N–H and O–H groups in total. The Labute approximate surface area is 121 Å². The molecule has 2 nitrogen and oxygen atoms in total. The van der Waals surface area contributed by atoms with E-state index in [0.717, 1.165) is 35.3 Å². The Kier molecular flexibility index (Phi) is 4.80. The summed E-state index contributed by atoms with van der Waals surface area (Å²) in [6.45, 7) is 4.18. The molecule has 106 valence electrons. The zero-order valence-corrected chi connectivity index (χ0v) is 12.4. The standard InChI is InChI=1S/C18H22O2/c1-4-5-14-7-9-15(10-8-14)18(19)16-12-13(2)6-11-17(16)20-3/h6-12,18-19H,4-5H2,1-3H3. The van der Waals surface area contributed by atoms with E-state index in [2.05, 4.69) is 19.1 Å². The summed E-state index contributed by atoms with van der Waals surface area (Å²) in [7, 11) is 1.63. The third kappa shape index (κ3) is 3.20. The van der Waals surface area contributed by atoms with E-state index in [1.165, 1.54) is 5.56 Å². The summed E-state index contributed by atoms with van der Waals surface area (Å²) in [6, 6.07) is 14.0. The van der Waals surface area contributed by atoms with Crippen molar-refractivity contribution < 1.29 is 9.84 Å². The first kappa shape index (κ1) is 14.6. The van der Waals surface area contributed by atoms with Gasteiger partial charge in [0.05, 0.1) is 7.11 Å². The maximum Gasteiger partial charge on any atom is 0.125 e. The topological polar surface area (TPSA) is 29.5 Å². The van der Waals surface area contributed by atoms with Crippen molar-refractivity contribution in [3.8, 4) is 5.75 Å². The molecule has 0 aliphatic rings. The predicted molar refractivity (Wildman–Crippen MR) is 82.2 cm³/mol. The second kappa shape index (κ2) is 6.58. The minimum Gasteiger partial charge on any atom is -0.496 e. The zero-order valence-electron chi connectivity index (χ0n) is 12.4. The lowest BCUT2D eigenvalue weighted by molar-refractivity contribution is 0.214. The van der Waals surface area contributed by atoms with Crippen LogP contribution in [0.25, 0.3) is 0 Å². The van der Waals surface area contributed by atoms with Crippen molar-refractivity contribution in [2.45, 2.75) is 32.8 Å². The van der Waals surface area contributed by atoms with Gasteiger partial charge in [0.25, 0.3) is 0 Å². The van der Waals surface area contributed by atoms with Crippen LogP contribution in [-0.4, -0.2) is 12.2 Å². The van der Waals surface area contributed by atoms with Gasteiger partial charge in [-0.1, -0.05) is 49.2 Å². The third-order valence-electron chi connectivity index (χ3n) is 3.51. The molecule has 0 spiro atoms. The number of aryl methyl sites for hydroxylation is 2. The molecule has 1 unspecified atom stereocenters. The Morgan fingerprint density at radius 1 is 1.10 bits per heavy atom. The average Bonchev–Trinajstić information content (AvgIpc) is 2.47. The third-order valence-corrected chi connectivity index (χ3v) is 3.51. The lowest BCUT2D eigenvalue weighted by Gasteiger charge is -2.16. The van der Waals surface area contributed by atoms with Gasteiger partial charge in [-0.25, -0.2) is 0 Å². The first-order valence-electron chi connectivity index (χ1n) is 7.07. The molecule has 0 saturated carbocycles. The van der Waals surface area contributed by atoms with Crippen LogP contribution in [0.4, 0.5) is 0 Å². The van der Waals surface area contributed by atoms with Crippen molar-refractivity contribution in [2.75, 3.05) is 7.11 Å². The van der Waals surface area contributed by atoms with Gasteiger partial charge in [0.15, 0.2) is 0 Å². The number of ether oxygens (including phenoxy) is 1. The maximum atomic E-state index is 10.6. The molecule has 2 aromatic carbocycles. The quantitative estimate of drug-likeness (QED) is 0.888. The molecule has 0 amide bonds. The van der Waals surface area contributed by atoms with Gasteiger partial charge < -0.3 is 9.84 Å². The number of methoxy groups -OCH3 is 1. The first-order valence-corrected chi connectivity index (χ1v) is 7.07. The summed E-state index contributed by atoms with van der Waals surface area (Å²) in [5.74, 6) is 0.723. The van der Waals surface area contributed by atoms with Crippen LogP contribution >= 0.6 is 0 Å². The van der Waals surface area contributed by atoms with Crippen molar-refractivity contribution in [3.05, 3.63) is 64.7 Å². The second-order valence-corrected chi connectivity index (χ2v) is 5.14. The fourth-order valence-corrected chi connectivity index (χ4v) is 2.40. The van der Waals surface area contributed by atoms with E-state index in [4.69, 9.17) is 4.74 Å². The normalized spacial score (nSPS) is 12.2. The minimum absolute atomic E-state index is 0.652. The second-order valence-electron chi connectivity index (χ2n) is 5.14. The Hall–Kier alpha value is -1.80. The van der Waals surface area contributed by atoms with Gasteiger partial charge in [-0.05, 0) is 36.6 Å². The van der Waals surface area contributed by atoms with Gasteiger partial charge >= 0.3 is 0 Å². The van der Waals surface area contributed by atoms with E-state index >= 15 is 0 Å². The number of hydrogen-bond donors (Lipinski definition) is 1. The number of aliphatic hydroxyl groups excluding tert-OH is 1. The van der Waals surface area contributed by atoms with Crippen LogP contribution in [0.15, 0.2) is 42.5 Å². The summed E-state index contributed by atoms with van der Waals surface area (Å²) in [5.41, 5.74) is 4.13. The molecule has 0 fully saturated rings. The first-order chi connectivity index (χ1) is 9.65. The van der Waals surface area contributed by atoms with Crippen LogP contribution < -0.4 is 4.74 Å². The number of benzene rings is 2. The highest BCUT2D eigenvalue weighted by atomic mass is 16.5. The highest BCUT2D eigenvalue weighted by molar-refractivity contribution is 5.43. The van der Waals surface area contributed by atoms with E-state index in [-0.39, 0.29) is 0 Å². The molecular formula is C18H22O2. The van der Waals surface area contributed by atoms with E-state index in [1.807, 2.05) is 37.3 Å². The minimum atomic E-state index is -0.652. The molecule has 2 aromatic rings. The van der Waals surface area contributed by atoms with Gasteiger partial charge in [0.1, 0.15) is 11.9 Å².